The minimum absolute atomic E-state index is 0.110. The average Bonchev–Trinajstić information content (AvgIpc) is 3.30. The Hall–Kier alpha value is -4.51. The summed E-state index contributed by atoms with van der Waals surface area (Å²) in [5.41, 5.74) is 6.03. The molecule has 0 aliphatic carbocycles. The van der Waals surface area contributed by atoms with Crippen molar-refractivity contribution in [3.63, 3.8) is 0 Å². The van der Waals surface area contributed by atoms with Crippen LogP contribution in [-0.2, 0) is 9.53 Å². The molecule has 1 aromatic heterocycles. The second-order valence-electron chi connectivity index (χ2n) is 9.52. The van der Waals surface area contributed by atoms with Gasteiger partial charge in [0, 0.05) is 34.4 Å². The van der Waals surface area contributed by atoms with E-state index in [1.165, 1.54) is 7.11 Å². The number of amides is 2. The van der Waals surface area contributed by atoms with E-state index >= 15 is 0 Å². The molecule has 212 valence electrons. The van der Waals surface area contributed by atoms with Crippen molar-refractivity contribution in [1.29, 1.82) is 0 Å². The van der Waals surface area contributed by atoms with Crippen molar-refractivity contribution in [3.05, 3.63) is 71.1 Å². The van der Waals surface area contributed by atoms with Crippen LogP contribution < -0.4 is 25.5 Å². The number of methoxy groups -OCH3 is 1. The van der Waals surface area contributed by atoms with Crippen LogP contribution in [0.2, 0.25) is 0 Å². The van der Waals surface area contributed by atoms with Crippen LogP contribution in [-0.4, -0.2) is 54.4 Å². The first-order chi connectivity index (χ1) is 19.2. The van der Waals surface area contributed by atoms with Gasteiger partial charge in [-0.3, -0.25) is 5.43 Å². The SMILES string of the molecule is CCOc1cc([C@@H]2NC(=O)NC(C)=C2C(=O)OC)ccc1OC[C@@H](O)N/N=C/c1cn(C(C)C)c2ccccc12. The van der Waals surface area contributed by atoms with Crippen LogP contribution in [0.15, 0.2) is 65.0 Å². The van der Waals surface area contributed by atoms with Gasteiger partial charge in [0.25, 0.3) is 0 Å². The molecule has 1 aliphatic rings. The summed E-state index contributed by atoms with van der Waals surface area (Å²) in [6.45, 7) is 7.95. The predicted molar refractivity (Wildman–Crippen MR) is 151 cm³/mol. The number of fused-ring (bicyclic) bond motifs is 1. The monoisotopic (exact) mass is 549 g/mol. The van der Waals surface area contributed by atoms with E-state index in [9.17, 15) is 14.7 Å². The zero-order valence-electron chi connectivity index (χ0n) is 23.2. The number of hydrogen-bond acceptors (Lipinski definition) is 8. The molecule has 2 amide bonds. The number of benzene rings is 2. The van der Waals surface area contributed by atoms with Gasteiger partial charge in [0.1, 0.15) is 6.61 Å². The number of aliphatic hydroxyl groups excluding tert-OH is 1. The van der Waals surface area contributed by atoms with Crippen LogP contribution >= 0.6 is 0 Å². The van der Waals surface area contributed by atoms with Gasteiger partial charge in [0.05, 0.1) is 31.5 Å². The molecule has 4 N–H and O–H groups in total. The molecule has 1 aliphatic heterocycles. The van der Waals surface area contributed by atoms with Gasteiger partial charge in [-0.15, -0.1) is 0 Å². The van der Waals surface area contributed by atoms with E-state index in [2.05, 4.69) is 45.6 Å². The Balaban J connectivity index is 1.45. The Kier molecular flexibility index (Phi) is 8.95. The lowest BCUT2D eigenvalue weighted by Gasteiger charge is -2.28. The van der Waals surface area contributed by atoms with Crippen LogP contribution in [0.5, 0.6) is 11.5 Å². The highest BCUT2D eigenvalue weighted by Crippen LogP contribution is 2.35. The second-order valence-corrected chi connectivity index (χ2v) is 9.52. The lowest BCUT2D eigenvalue weighted by atomic mass is 9.95. The van der Waals surface area contributed by atoms with Gasteiger partial charge in [-0.25, -0.2) is 9.59 Å². The summed E-state index contributed by atoms with van der Waals surface area (Å²) < 4.78 is 18.7. The van der Waals surface area contributed by atoms with E-state index in [0.717, 1.165) is 16.5 Å². The fraction of sp³-hybridized carbons (Fsp3) is 0.345. The van der Waals surface area contributed by atoms with Gasteiger partial charge in [-0.2, -0.15) is 5.10 Å². The van der Waals surface area contributed by atoms with Gasteiger partial charge >= 0.3 is 12.0 Å². The number of carbonyl (C=O) groups excluding carboxylic acids is 2. The summed E-state index contributed by atoms with van der Waals surface area (Å²) >= 11 is 0. The number of carbonyl (C=O) groups is 2. The first kappa shape index (κ1) is 28.5. The first-order valence-corrected chi connectivity index (χ1v) is 13.1. The molecule has 11 heteroatoms. The fourth-order valence-electron chi connectivity index (χ4n) is 4.58. The minimum Gasteiger partial charge on any atom is -0.490 e. The summed E-state index contributed by atoms with van der Waals surface area (Å²) in [5.74, 6) is 0.222. The van der Waals surface area contributed by atoms with Crippen LogP contribution in [0, 0.1) is 0 Å². The van der Waals surface area contributed by atoms with Crippen molar-refractivity contribution in [3.8, 4) is 11.5 Å². The molecule has 0 radical (unpaired) electrons. The van der Waals surface area contributed by atoms with Gasteiger partial charge in [0.15, 0.2) is 17.7 Å². The number of ether oxygens (including phenoxy) is 3. The van der Waals surface area contributed by atoms with E-state index in [0.29, 0.717) is 35.4 Å². The Morgan fingerprint density at radius 3 is 2.70 bits per heavy atom. The smallest absolute Gasteiger partial charge is 0.337 e. The number of urea groups is 1. The maximum atomic E-state index is 12.4. The first-order valence-electron chi connectivity index (χ1n) is 13.1. The number of allylic oxidation sites excluding steroid dienone is 1. The molecule has 2 aromatic carbocycles. The van der Waals surface area contributed by atoms with Crippen molar-refractivity contribution in [2.24, 2.45) is 5.10 Å². The highest BCUT2D eigenvalue weighted by Gasteiger charge is 2.32. The van der Waals surface area contributed by atoms with Crippen molar-refractivity contribution in [2.75, 3.05) is 20.3 Å². The van der Waals surface area contributed by atoms with Crippen molar-refractivity contribution in [2.45, 2.75) is 46.0 Å². The summed E-state index contributed by atoms with van der Waals surface area (Å²) in [6, 6.07) is 12.3. The zero-order valence-corrected chi connectivity index (χ0v) is 23.2. The van der Waals surface area contributed by atoms with Crippen LogP contribution in [0.25, 0.3) is 10.9 Å². The number of rotatable bonds is 11. The Morgan fingerprint density at radius 1 is 1.20 bits per heavy atom. The molecule has 3 aromatic rings. The Bertz CT molecular complexity index is 1440. The maximum Gasteiger partial charge on any atom is 0.337 e. The fourth-order valence-corrected chi connectivity index (χ4v) is 4.58. The molecule has 0 saturated heterocycles. The molecule has 40 heavy (non-hydrogen) atoms. The summed E-state index contributed by atoms with van der Waals surface area (Å²) in [6.07, 6.45) is 2.61. The van der Waals surface area contributed by atoms with Crippen LogP contribution in [0.1, 0.15) is 50.9 Å². The van der Waals surface area contributed by atoms with Gasteiger partial charge in [0.2, 0.25) is 0 Å². The topological polar surface area (TPSA) is 135 Å². The third-order valence-electron chi connectivity index (χ3n) is 6.43. The summed E-state index contributed by atoms with van der Waals surface area (Å²) in [7, 11) is 1.28. The normalized spacial score (nSPS) is 16.2. The van der Waals surface area contributed by atoms with E-state index in [1.54, 1.807) is 31.3 Å². The molecule has 0 bridgehead atoms. The molecule has 2 heterocycles. The molecule has 0 saturated carbocycles. The number of nitrogens with zero attached hydrogens (tertiary/aromatic N) is 2. The summed E-state index contributed by atoms with van der Waals surface area (Å²) in [5, 5.41) is 21.1. The van der Waals surface area contributed by atoms with E-state index in [4.69, 9.17) is 14.2 Å². The number of hydrazone groups is 1. The molecule has 2 atom stereocenters. The van der Waals surface area contributed by atoms with Gasteiger partial charge < -0.3 is 34.5 Å². The minimum atomic E-state index is -1.09. The molecule has 0 fully saturated rings. The summed E-state index contributed by atoms with van der Waals surface area (Å²) in [4.78, 5) is 24.5. The molecule has 0 spiro atoms. The van der Waals surface area contributed by atoms with E-state index in [1.807, 2.05) is 31.3 Å². The quantitative estimate of drug-likeness (QED) is 0.124. The largest absolute Gasteiger partial charge is 0.490 e. The van der Waals surface area contributed by atoms with Crippen molar-refractivity contribution >= 4 is 29.1 Å². The highest BCUT2D eigenvalue weighted by molar-refractivity contribution is 5.99. The Labute approximate surface area is 232 Å². The van der Waals surface area contributed by atoms with Crippen molar-refractivity contribution < 1.29 is 28.9 Å². The van der Waals surface area contributed by atoms with Crippen LogP contribution in [0.4, 0.5) is 4.79 Å². The third kappa shape index (κ3) is 6.20. The zero-order chi connectivity index (χ0) is 28.8. The molecular weight excluding hydrogens is 514 g/mol. The van der Waals surface area contributed by atoms with Crippen LogP contribution in [0.3, 0.4) is 0 Å². The van der Waals surface area contributed by atoms with Gasteiger partial charge in [-0.1, -0.05) is 24.3 Å². The standard InChI is InChI=1S/C29H35N5O6/c1-6-39-24-13-19(27-26(28(36)38-5)18(4)31-29(37)32-27)11-12-23(24)40-16-25(35)33-30-14-20-15-34(17(2)3)22-10-8-7-9-21(20)22/h7-15,17,25,27,33,35H,6,16H2,1-5H3,(H2,31,32,37)/b30-14+/t25-,27+/m1/s1. The molecular formula is C29H35N5O6. The number of aliphatic hydroxyl groups is 1. The van der Waals surface area contributed by atoms with E-state index < -0.39 is 24.3 Å². The molecule has 4 rings (SSSR count). The molecule has 0 unspecified atom stereocenters. The second kappa shape index (κ2) is 12.6. The number of aromatic nitrogens is 1. The maximum absolute atomic E-state index is 12.4. The predicted octanol–water partition coefficient (Wildman–Crippen LogP) is 3.74. The lowest BCUT2D eigenvalue weighted by Crippen LogP contribution is -2.45. The highest BCUT2D eigenvalue weighted by atomic mass is 16.5. The number of esters is 1. The molecule has 11 nitrogen and oxygen atoms in total. The van der Waals surface area contributed by atoms with Gasteiger partial charge in [-0.05, 0) is 51.5 Å². The van der Waals surface area contributed by atoms with Crippen molar-refractivity contribution in [1.82, 2.24) is 20.6 Å². The lowest BCUT2D eigenvalue weighted by molar-refractivity contribution is -0.136. The average molecular weight is 550 g/mol. The number of nitrogens with one attached hydrogen (secondary N) is 3. The number of hydrogen-bond donors (Lipinski definition) is 4. The third-order valence-corrected chi connectivity index (χ3v) is 6.43. The van der Waals surface area contributed by atoms with E-state index in [-0.39, 0.29) is 12.2 Å². The Morgan fingerprint density at radius 2 is 1.98 bits per heavy atom. The number of para-hydroxylation sites is 1.